The lowest BCUT2D eigenvalue weighted by Gasteiger charge is -2.10. The molecule has 0 unspecified atom stereocenters. The number of anilines is 1. The molecule has 0 fully saturated rings. The third-order valence-electron chi connectivity index (χ3n) is 4.77. The Balaban J connectivity index is 1.63. The minimum Gasteiger partial charge on any atom is -0.496 e. The van der Waals surface area contributed by atoms with Crippen molar-refractivity contribution in [1.29, 1.82) is 0 Å². The number of benzene rings is 2. The Morgan fingerprint density at radius 3 is 2.92 bits per heavy atom. The predicted octanol–water partition coefficient (Wildman–Crippen LogP) is 4.68. The number of ether oxygens (including phenoxy) is 1. The van der Waals surface area contributed by atoms with E-state index in [0.29, 0.717) is 22.0 Å². The summed E-state index contributed by atoms with van der Waals surface area (Å²) in [7, 11) is 1.53. The second kappa shape index (κ2) is 7.00. The highest BCUT2D eigenvalue weighted by Crippen LogP contribution is 2.26. The van der Waals surface area contributed by atoms with Crippen LogP contribution in [0.1, 0.15) is 35.4 Å². The van der Waals surface area contributed by atoms with Gasteiger partial charge in [-0.1, -0.05) is 18.0 Å². The first-order chi connectivity index (χ1) is 12.7. The molecular formula is C20H20ClN3O2. The van der Waals surface area contributed by atoms with E-state index < -0.39 is 0 Å². The lowest BCUT2D eigenvalue weighted by molar-refractivity contribution is 0.102. The Morgan fingerprint density at radius 2 is 2.08 bits per heavy atom. The molecule has 0 aliphatic carbocycles. The van der Waals surface area contributed by atoms with Crippen LogP contribution in [0.4, 0.5) is 5.69 Å². The molecule has 0 spiro atoms. The van der Waals surface area contributed by atoms with Crippen molar-refractivity contribution in [3.63, 3.8) is 0 Å². The Labute approximate surface area is 156 Å². The molecule has 6 heteroatoms. The Hall–Kier alpha value is -2.53. The van der Waals surface area contributed by atoms with Gasteiger partial charge in [-0.3, -0.25) is 4.79 Å². The molecule has 5 nitrogen and oxygen atoms in total. The maximum absolute atomic E-state index is 12.6. The number of halogens is 1. The topological polar surface area (TPSA) is 56.1 Å². The molecule has 1 aliphatic rings. The number of nitrogens with zero attached hydrogens (tertiary/aromatic N) is 2. The van der Waals surface area contributed by atoms with E-state index in [-0.39, 0.29) is 5.91 Å². The molecule has 4 rings (SSSR count). The normalized spacial score (nSPS) is 13.9. The van der Waals surface area contributed by atoms with E-state index in [4.69, 9.17) is 21.3 Å². The number of nitrogens with one attached hydrogen (secondary N) is 1. The maximum Gasteiger partial charge on any atom is 0.259 e. The zero-order valence-corrected chi connectivity index (χ0v) is 15.3. The van der Waals surface area contributed by atoms with E-state index in [1.165, 1.54) is 26.4 Å². The van der Waals surface area contributed by atoms with Gasteiger partial charge in [0.25, 0.3) is 5.91 Å². The lowest BCUT2D eigenvalue weighted by atomic mass is 10.1. The van der Waals surface area contributed by atoms with Crippen LogP contribution in [0.25, 0.3) is 11.0 Å². The molecular weight excluding hydrogens is 350 g/mol. The van der Waals surface area contributed by atoms with Crippen molar-refractivity contribution in [2.24, 2.45) is 0 Å². The van der Waals surface area contributed by atoms with Gasteiger partial charge in [-0.25, -0.2) is 4.98 Å². The minimum atomic E-state index is -0.260. The second-order valence-electron chi connectivity index (χ2n) is 6.49. The SMILES string of the molecule is COc1ccc(Cl)cc1C(=O)Nc1ccc2c(c1)nc1n2CCCCC1. The third kappa shape index (κ3) is 3.15. The number of carbonyl (C=O) groups excluding carboxylic acids is 1. The fourth-order valence-corrected chi connectivity index (χ4v) is 3.66. The molecule has 2 aromatic carbocycles. The number of fused-ring (bicyclic) bond motifs is 3. The summed E-state index contributed by atoms with van der Waals surface area (Å²) in [4.78, 5) is 17.4. The first kappa shape index (κ1) is 16.9. The third-order valence-corrected chi connectivity index (χ3v) is 5.01. The number of carbonyl (C=O) groups is 1. The quantitative estimate of drug-likeness (QED) is 0.729. The summed E-state index contributed by atoms with van der Waals surface area (Å²) < 4.78 is 7.56. The molecule has 134 valence electrons. The molecule has 26 heavy (non-hydrogen) atoms. The van der Waals surface area contributed by atoms with Crippen molar-refractivity contribution in [2.45, 2.75) is 32.2 Å². The molecule has 0 bridgehead atoms. The molecule has 1 aromatic heterocycles. The first-order valence-electron chi connectivity index (χ1n) is 8.80. The largest absolute Gasteiger partial charge is 0.496 e. The molecule has 2 heterocycles. The summed E-state index contributed by atoms with van der Waals surface area (Å²) in [5.74, 6) is 1.36. The van der Waals surface area contributed by atoms with Crippen LogP contribution in [0.5, 0.6) is 5.75 Å². The van der Waals surface area contributed by atoms with Crippen LogP contribution in [0.15, 0.2) is 36.4 Å². The highest BCUT2D eigenvalue weighted by atomic mass is 35.5. The molecule has 0 radical (unpaired) electrons. The molecule has 0 saturated carbocycles. The van der Waals surface area contributed by atoms with Crippen molar-refractivity contribution >= 4 is 34.2 Å². The molecule has 3 aromatic rings. The van der Waals surface area contributed by atoms with Crippen LogP contribution < -0.4 is 10.1 Å². The zero-order valence-electron chi connectivity index (χ0n) is 14.6. The number of amides is 1. The monoisotopic (exact) mass is 369 g/mol. The summed E-state index contributed by atoms with van der Waals surface area (Å²) in [6.45, 7) is 1.01. The van der Waals surface area contributed by atoms with Crippen molar-refractivity contribution in [3.05, 3.63) is 52.8 Å². The summed E-state index contributed by atoms with van der Waals surface area (Å²) in [6.07, 6.45) is 4.63. The Kier molecular flexibility index (Phi) is 4.55. The molecule has 1 N–H and O–H groups in total. The number of hydrogen-bond acceptors (Lipinski definition) is 3. The molecule has 0 atom stereocenters. The fraction of sp³-hybridized carbons (Fsp3) is 0.300. The van der Waals surface area contributed by atoms with Gasteiger partial charge in [0, 0.05) is 23.7 Å². The number of imidazole rings is 1. The minimum absolute atomic E-state index is 0.260. The van der Waals surface area contributed by atoms with Gasteiger partial charge < -0.3 is 14.6 Å². The van der Waals surface area contributed by atoms with E-state index in [1.807, 2.05) is 18.2 Å². The number of aromatic nitrogens is 2. The van der Waals surface area contributed by atoms with Crippen LogP contribution in [-0.4, -0.2) is 22.6 Å². The molecule has 0 saturated heterocycles. The van der Waals surface area contributed by atoms with Crippen molar-refractivity contribution in [3.8, 4) is 5.75 Å². The van der Waals surface area contributed by atoms with E-state index in [0.717, 1.165) is 29.8 Å². The van der Waals surface area contributed by atoms with Crippen molar-refractivity contribution in [1.82, 2.24) is 9.55 Å². The van der Waals surface area contributed by atoms with Gasteiger partial charge in [0.2, 0.25) is 0 Å². The van der Waals surface area contributed by atoms with Crippen molar-refractivity contribution < 1.29 is 9.53 Å². The summed E-state index contributed by atoms with van der Waals surface area (Å²) in [6, 6.07) is 10.9. The van der Waals surface area contributed by atoms with E-state index in [2.05, 4.69) is 9.88 Å². The predicted molar refractivity (Wildman–Crippen MR) is 103 cm³/mol. The van der Waals surface area contributed by atoms with Gasteiger partial charge in [-0.05, 0) is 49.2 Å². The average molecular weight is 370 g/mol. The van der Waals surface area contributed by atoms with Gasteiger partial charge in [-0.2, -0.15) is 0 Å². The van der Waals surface area contributed by atoms with Gasteiger partial charge in [0.15, 0.2) is 0 Å². The fourth-order valence-electron chi connectivity index (χ4n) is 3.48. The van der Waals surface area contributed by atoms with Gasteiger partial charge >= 0.3 is 0 Å². The Bertz CT molecular complexity index is 981. The number of methoxy groups -OCH3 is 1. The highest BCUT2D eigenvalue weighted by molar-refractivity contribution is 6.31. The lowest BCUT2D eigenvalue weighted by Crippen LogP contribution is -2.13. The van der Waals surface area contributed by atoms with E-state index >= 15 is 0 Å². The highest BCUT2D eigenvalue weighted by Gasteiger charge is 2.16. The van der Waals surface area contributed by atoms with Crippen LogP contribution in [0, 0.1) is 0 Å². The van der Waals surface area contributed by atoms with Crippen LogP contribution in [0.2, 0.25) is 5.02 Å². The van der Waals surface area contributed by atoms with E-state index in [1.54, 1.807) is 18.2 Å². The molecule has 1 aliphatic heterocycles. The number of hydrogen-bond donors (Lipinski definition) is 1. The van der Waals surface area contributed by atoms with Gasteiger partial charge in [0.05, 0.1) is 23.7 Å². The molecule has 1 amide bonds. The second-order valence-corrected chi connectivity index (χ2v) is 6.93. The number of rotatable bonds is 3. The standard InChI is InChI=1S/C20H20ClN3O2/c1-26-18-9-6-13(21)11-15(18)20(25)22-14-7-8-17-16(12-14)23-19-5-3-2-4-10-24(17)19/h6-9,11-12H,2-5,10H2,1H3,(H,22,25). The average Bonchev–Trinajstić information content (AvgIpc) is 2.82. The van der Waals surface area contributed by atoms with Crippen LogP contribution in [-0.2, 0) is 13.0 Å². The Morgan fingerprint density at radius 1 is 1.19 bits per heavy atom. The van der Waals surface area contributed by atoms with Crippen molar-refractivity contribution in [2.75, 3.05) is 12.4 Å². The van der Waals surface area contributed by atoms with Crippen LogP contribution in [0.3, 0.4) is 0 Å². The van der Waals surface area contributed by atoms with Gasteiger partial charge in [-0.15, -0.1) is 0 Å². The summed E-state index contributed by atoms with van der Waals surface area (Å²) in [5.41, 5.74) is 3.15. The summed E-state index contributed by atoms with van der Waals surface area (Å²) in [5, 5.41) is 3.41. The summed E-state index contributed by atoms with van der Waals surface area (Å²) >= 11 is 6.02. The van der Waals surface area contributed by atoms with Crippen LogP contribution >= 0.6 is 11.6 Å². The smallest absolute Gasteiger partial charge is 0.259 e. The van der Waals surface area contributed by atoms with E-state index in [9.17, 15) is 4.79 Å². The number of aryl methyl sites for hydroxylation is 2. The zero-order chi connectivity index (χ0) is 18.1. The maximum atomic E-state index is 12.6. The first-order valence-corrected chi connectivity index (χ1v) is 9.17. The van der Waals surface area contributed by atoms with Gasteiger partial charge in [0.1, 0.15) is 11.6 Å².